The van der Waals surface area contributed by atoms with Crippen molar-refractivity contribution in [3.8, 4) is 0 Å². The predicted octanol–water partition coefficient (Wildman–Crippen LogP) is 6.88. The van der Waals surface area contributed by atoms with E-state index in [0.717, 1.165) is 48.3 Å². The molecule has 183 valence electrons. The van der Waals surface area contributed by atoms with E-state index in [1.165, 1.54) is 57.8 Å². The molecule has 32 heavy (non-hydrogen) atoms. The summed E-state index contributed by atoms with van der Waals surface area (Å²) in [5.41, 5.74) is 6.52. The third kappa shape index (κ3) is 5.05. The molecule has 4 heteroatoms. The van der Waals surface area contributed by atoms with Crippen molar-refractivity contribution in [1.29, 1.82) is 0 Å². The van der Waals surface area contributed by atoms with Gasteiger partial charge in [-0.2, -0.15) is 0 Å². The molecule has 3 fully saturated rings. The second kappa shape index (κ2) is 10.1. The van der Waals surface area contributed by atoms with Crippen molar-refractivity contribution < 1.29 is 15.0 Å². The molecule has 0 heterocycles. The summed E-state index contributed by atoms with van der Waals surface area (Å²) in [4.78, 5) is 8.67. The molecule has 0 bridgehead atoms. The average molecular weight is 447 g/mol. The van der Waals surface area contributed by atoms with E-state index in [0.29, 0.717) is 10.8 Å². The summed E-state index contributed by atoms with van der Waals surface area (Å²) in [5.74, 6) is 5.46. The lowest BCUT2D eigenvalue weighted by atomic mass is 9.47. The maximum atomic E-state index is 10.2. The first-order chi connectivity index (χ1) is 15.0. The topological polar surface area (TPSA) is 83.2 Å². The molecule has 3 saturated carbocycles. The standard InChI is InChI=1S/C27H46O.CH2NO2/c1-18(2)7-6-8-19(3)23-11-12-24-22-10-9-20-17-21(28)13-15-26(20,4)25(22)14-16-27(23,24)5;2-1(3)4/h9,18-19,21-25,28H,6-8,10-17H2,1-5H3;2H2/t19?,21-,22-,23+,24-,25-,26-,27+;/m0./s1. The fourth-order valence-electron chi connectivity index (χ4n) is 8.67. The zero-order chi connectivity index (χ0) is 23.7. The second-order valence-electron chi connectivity index (χ2n) is 12.5. The number of aliphatic hydroxyl groups is 1. The Morgan fingerprint density at radius 2 is 1.78 bits per heavy atom. The van der Waals surface area contributed by atoms with Crippen LogP contribution >= 0.6 is 0 Å². The summed E-state index contributed by atoms with van der Waals surface area (Å²) in [6.45, 7) is 12.6. The molecule has 0 aliphatic heterocycles. The van der Waals surface area contributed by atoms with Gasteiger partial charge in [-0.1, -0.05) is 65.5 Å². The Morgan fingerprint density at radius 3 is 2.44 bits per heavy atom. The van der Waals surface area contributed by atoms with Crippen molar-refractivity contribution in [1.82, 2.24) is 0 Å². The number of aliphatic hydroxyl groups excluding tert-OH is 1. The van der Waals surface area contributed by atoms with Crippen molar-refractivity contribution in [2.45, 2.75) is 111 Å². The summed E-state index contributed by atoms with van der Waals surface area (Å²) < 4.78 is 0. The first kappa shape index (κ1) is 25.6. The van der Waals surface area contributed by atoms with E-state index in [1.807, 2.05) is 0 Å². The van der Waals surface area contributed by atoms with E-state index >= 15 is 0 Å². The minimum absolute atomic E-state index is 0.0766. The highest BCUT2D eigenvalue weighted by Crippen LogP contribution is 2.67. The van der Waals surface area contributed by atoms with Crippen molar-refractivity contribution >= 4 is 6.09 Å². The highest BCUT2D eigenvalue weighted by atomic mass is 16.4. The van der Waals surface area contributed by atoms with Gasteiger partial charge in [-0.15, -0.1) is 0 Å². The van der Waals surface area contributed by atoms with Crippen LogP contribution in [0.25, 0.3) is 0 Å². The molecule has 8 atom stereocenters. The van der Waals surface area contributed by atoms with Gasteiger partial charge in [0.25, 0.3) is 0 Å². The fraction of sp³-hybridized carbons (Fsp3) is 0.893. The first-order valence-electron chi connectivity index (χ1n) is 13.3. The molecule has 0 saturated heterocycles. The van der Waals surface area contributed by atoms with Gasteiger partial charge in [-0.25, -0.2) is 9.90 Å². The molecule has 1 amide bonds. The van der Waals surface area contributed by atoms with Gasteiger partial charge >= 0.3 is 6.09 Å². The van der Waals surface area contributed by atoms with Crippen LogP contribution in [0.1, 0.15) is 105 Å². The third-order valence-corrected chi connectivity index (χ3v) is 10.3. The van der Waals surface area contributed by atoms with Gasteiger partial charge in [-0.05, 0) is 97.7 Å². The van der Waals surface area contributed by atoms with E-state index in [9.17, 15) is 5.11 Å². The number of carbonyl (C=O) groups is 1. The molecule has 3 N–H and O–H groups in total. The lowest BCUT2D eigenvalue weighted by Crippen LogP contribution is -2.50. The largest absolute Gasteiger partial charge is 0.448 e. The van der Waals surface area contributed by atoms with Crippen LogP contribution in [-0.2, 0) is 5.11 Å². The number of allylic oxidation sites excluding steroid dienone is 1. The summed E-state index contributed by atoms with van der Waals surface area (Å²) in [5, 5.41) is 18.9. The van der Waals surface area contributed by atoms with E-state index in [4.69, 9.17) is 9.90 Å². The van der Waals surface area contributed by atoms with Gasteiger partial charge in [-0.3, -0.25) is 0 Å². The zero-order valence-electron chi connectivity index (χ0n) is 21.2. The Kier molecular flexibility index (Phi) is 8.06. The lowest BCUT2D eigenvalue weighted by Gasteiger charge is -2.58. The minimum atomic E-state index is -1.58. The van der Waals surface area contributed by atoms with Crippen molar-refractivity contribution in [2.24, 2.45) is 52.1 Å². The Hall–Kier alpha value is -1.03. The van der Waals surface area contributed by atoms with Crippen LogP contribution in [0.5, 0.6) is 0 Å². The summed E-state index contributed by atoms with van der Waals surface area (Å²) in [7, 11) is 0. The van der Waals surface area contributed by atoms with Gasteiger partial charge in [0.2, 0.25) is 0 Å². The number of carbonyl (C=O) groups excluding carboxylic acids is 1. The van der Waals surface area contributed by atoms with Crippen molar-refractivity contribution in [2.75, 3.05) is 0 Å². The van der Waals surface area contributed by atoms with Gasteiger partial charge in [0.15, 0.2) is 0 Å². The number of amides is 1. The fourth-order valence-corrected chi connectivity index (χ4v) is 8.67. The maximum absolute atomic E-state index is 10.2. The molecule has 4 rings (SSSR count). The quantitative estimate of drug-likeness (QED) is 0.451. The van der Waals surface area contributed by atoms with E-state index in [-0.39, 0.29) is 6.10 Å². The van der Waals surface area contributed by atoms with Gasteiger partial charge in [0.1, 0.15) is 0 Å². The molecule has 0 aromatic carbocycles. The molecular weight excluding hydrogens is 398 g/mol. The maximum Gasteiger partial charge on any atom is 0.448 e. The highest BCUT2D eigenvalue weighted by molar-refractivity contribution is 5.61. The Balaban J connectivity index is 0.000000668. The molecule has 0 spiro atoms. The van der Waals surface area contributed by atoms with Crippen molar-refractivity contribution in [3.63, 3.8) is 0 Å². The number of rotatable bonds is 5. The monoisotopic (exact) mass is 446 g/mol. The van der Waals surface area contributed by atoms with Gasteiger partial charge < -0.3 is 10.8 Å². The van der Waals surface area contributed by atoms with Crippen LogP contribution in [0.3, 0.4) is 0 Å². The second-order valence-corrected chi connectivity index (χ2v) is 12.5. The van der Waals surface area contributed by atoms with Gasteiger partial charge in [0, 0.05) is 0 Å². The Morgan fingerprint density at radius 1 is 1.09 bits per heavy atom. The molecule has 1 radical (unpaired) electrons. The normalized spacial score (nSPS) is 41.5. The summed E-state index contributed by atoms with van der Waals surface area (Å²) in [6, 6.07) is 0. The average Bonchev–Trinajstić information content (AvgIpc) is 3.05. The van der Waals surface area contributed by atoms with Crippen LogP contribution < -0.4 is 5.73 Å². The molecular formula is C28H48NO3. The highest BCUT2D eigenvalue weighted by Gasteiger charge is 2.59. The van der Waals surface area contributed by atoms with E-state index in [2.05, 4.69) is 46.4 Å². The van der Waals surface area contributed by atoms with E-state index in [1.54, 1.807) is 5.57 Å². The molecule has 1 unspecified atom stereocenters. The molecule has 4 nitrogen and oxygen atoms in total. The van der Waals surface area contributed by atoms with Crippen molar-refractivity contribution in [3.05, 3.63) is 11.6 Å². The zero-order valence-corrected chi connectivity index (χ0v) is 21.2. The molecule has 0 aromatic rings. The third-order valence-electron chi connectivity index (χ3n) is 10.3. The van der Waals surface area contributed by atoms with Crippen LogP contribution in [0.15, 0.2) is 11.6 Å². The van der Waals surface area contributed by atoms with Crippen LogP contribution in [0.2, 0.25) is 0 Å². The summed E-state index contributed by atoms with van der Waals surface area (Å²) in [6.07, 6.45) is 15.6. The smallest absolute Gasteiger partial charge is 0.393 e. The SMILES string of the molecule is CC(C)CCCC(C)[C@H]1CC[C@H]2[C@@H]3CC=C4C[C@@H](O)CC[C@]4(C)[C@H]3CC[C@]12C.NC([O])=O. The minimum Gasteiger partial charge on any atom is -0.393 e. The Labute approximate surface area is 196 Å². The van der Waals surface area contributed by atoms with Crippen LogP contribution in [0.4, 0.5) is 4.79 Å². The molecule has 4 aliphatic carbocycles. The number of nitrogens with two attached hydrogens (primary N) is 1. The Bertz CT molecular complexity index is 684. The first-order valence-corrected chi connectivity index (χ1v) is 13.3. The predicted molar refractivity (Wildman–Crippen MR) is 129 cm³/mol. The lowest BCUT2D eigenvalue weighted by molar-refractivity contribution is -0.0573. The van der Waals surface area contributed by atoms with E-state index < -0.39 is 6.09 Å². The molecule has 0 aromatic heterocycles. The number of hydrogen-bond acceptors (Lipinski definition) is 2. The van der Waals surface area contributed by atoms with Gasteiger partial charge in [0.05, 0.1) is 6.10 Å². The number of fused-ring (bicyclic) bond motifs is 5. The number of primary amides is 1. The number of hydrogen-bond donors (Lipinski definition) is 2. The van der Waals surface area contributed by atoms with Crippen LogP contribution in [0, 0.1) is 46.3 Å². The van der Waals surface area contributed by atoms with Crippen LogP contribution in [-0.4, -0.2) is 17.3 Å². The summed E-state index contributed by atoms with van der Waals surface area (Å²) >= 11 is 0. The molecule has 4 aliphatic rings.